The number of fused-ring (bicyclic) bond motifs is 4. The van der Waals surface area contributed by atoms with Gasteiger partial charge in [-0.2, -0.15) is 0 Å². The molecule has 0 saturated carbocycles. The van der Waals surface area contributed by atoms with Crippen molar-refractivity contribution >= 4 is 43.8 Å². The number of nitrogens with one attached hydrogen (secondary N) is 1. The molecule has 0 amide bonds. The minimum Gasteiger partial charge on any atom is -0.307 e. The lowest BCUT2D eigenvalue weighted by atomic mass is 9.98. The highest BCUT2D eigenvalue weighted by atomic mass is 32.1. The molecule has 0 atom stereocenters. The van der Waals surface area contributed by atoms with Gasteiger partial charge in [0.2, 0.25) is 0 Å². The summed E-state index contributed by atoms with van der Waals surface area (Å²) in [6.07, 6.45) is 0. The standard InChI is InChI=1S/C23H15FN2O3S/c1-11-12(2)30-23-17(11)21(28)25-20-18(19(27)13-7-9-14(24)10-8-13)15-5-3-4-6-16(15)22(29)26(20)23/h3-10H,1-2H3,(H,25,28). The number of H-pyrrole nitrogens is 1. The van der Waals surface area contributed by atoms with Gasteiger partial charge in [-0.3, -0.25) is 18.8 Å². The van der Waals surface area contributed by atoms with E-state index in [0.717, 1.165) is 10.4 Å². The molecule has 7 heteroatoms. The topological polar surface area (TPSA) is 71.4 Å². The molecular formula is C23H15FN2O3S. The maximum absolute atomic E-state index is 13.5. The third-order valence-corrected chi connectivity index (χ3v) is 6.65. The first-order valence-electron chi connectivity index (χ1n) is 9.28. The number of hydrogen-bond donors (Lipinski definition) is 1. The molecule has 0 saturated heterocycles. The van der Waals surface area contributed by atoms with Crippen molar-refractivity contribution in [2.24, 2.45) is 0 Å². The normalized spacial score (nSPS) is 11.6. The average Bonchev–Trinajstić information content (AvgIpc) is 3.03. The third kappa shape index (κ3) is 2.48. The van der Waals surface area contributed by atoms with Crippen LogP contribution in [0.3, 0.4) is 0 Å². The summed E-state index contributed by atoms with van der Waals surface area (Å²) in [7, 11) is 0. The lowest BCUT2D eigenvalue weighted by molar-refractivity contribution is 0.104. The van der Waals surface area contributed by atoms with E-state index in [0.29, 0.717) is 21.0 Å². The Bertz CT molecular complexity index is 1630. The van der Waals surface area contributed by atoms with Crippen LogP contribution >= 0.6 is 11.3 Å². The van der Waals surface area contributed by atoms with Crippen LogP contribution in [0.1, 0.15) is 26.4 Å². The highest BCUT2D eigenvalue weighted by Crippen LogP contribution is 2.30. The summed E-state index contributed by atoms with van der Waals surface area (Å²) in [5.41, 5.74) is 0.769. The van der Waals surface area contributed by atoms with Crippen molar-refractivity contribution in [2.45, 2.75) is 13.8 Å². The fraction of sp³-hybridized carbons (Fsp3) is 0.0870. The van der Waals surface area contributed by atoms with E-state index in [1.807, 2.05) is 13.8 Å². The number of carbonyl (C=O) groups excluding carboxylic acids is 1. The summed E-state index contributed by atoms with van der Waals surface area (Å²) in [6, 6.07) is 12.0. The van der Waals surface area contributed by atoms with E-state index in [9.17, 15) is 18.8 Å². The molecule has 0 aliphatic heterocycles. The molecule has 0 aliphatic rings. The number of hydrogen-bond acceptors (Lipinski definition) is 4. The number of thiophene rings is 1. The Morgan fingerprint density at radius 1 is 1.00 bits per heavy atom. The average molecular weight is 418 g/mol. The number of rotatable bonds is 2. The molecule has 0 bridgehead atoms. The van der Waals surface area contributed by atoms with Crippen LogP contribution in [-0.2, 0) is 0 Å². The van der Waals surface area contributed by atoms with E-state index in [4.69, 9.17) is 0 Å². The minimum absolute atomic E-state index is 0.145. The summed E-state index contributed by atoms with van der Waals surface area (Å²) in [6.45, 7) is 3.73. The van der Waals surface area contributed by atoms with Crippen LogP contribution in [0.2, 0.25) is 0 Å². The van der Waals surface area contributed by atoms with Gasteiger partial charge in [-0.15, -0.1) is 11.3 Å². The van der Waals surface area contributed by atoms with Gasteiger partial charge in [0.15, 0.2) is 5.78 Å². The monoisotopic (exact) mass is 418 g/mol. The Hall–Kier alpha value is -3.58. The first kappa shape index (κ1) is 18.4. The van der Waals surface area contributed by atoms with Gasteiger partial charge in [0.25, 0.3) is 11.1 Å². The third-order valence-electron chi connectivity index (χ3n) is 5.45. The minimum atomic E-state index is -0.454. The fourth-order valence-electron chi connectivity index (χ4n) is 3.84. The zero-order valence-electron chi connectivity index (χ0n) is 16.1. The van der Waals surface area contributed by atoms with Crippen LogP contribution in [0, 0.1) is 19.7 Å². The smallest absolute Gasteiger partial charge is 0.265 e. The first-order chi connectivity index (χ1) is 14.4. The first-order valence-corrected chi connectivity index (χ1v) is 10.1. The number of benzene rings is 2. The van der Waals surface area contributed by atoms with Crippen molar-refractivity contribution in [3.05, 3.63) is 96.6 Å². The number of carbonyl (C=O) groups is 1. The molecule has 3 aromatic heterocycles. The van der Waals surface area contributed by atoms with Crippen LogP contribution in [0.4, 0.5) is 4.39 Å². The Balaban J connectivity index is 2.03. The fourth-order valence-corrected chi connectivity index (χ4v) is 5.00. The lowest BCUT2D eigenvalue weighted by Gasteiger charge is -2.12. The van der Waals surface area contributed by atoms with E-state index >= 15 is 0 Å². The van der Waals surface area contributed by atoms with E-state index in [1.54, 1.807) is 24.3 Å². The molecule has 148 valence electrons. The molecule has 0 unspecified atom stereocenters. The summed E-state index contributed by atoms with van der Waals surface area (Å²) in [5.74, 6) is -0.853. The van der Waals surface area contributed by atoms with Crippen molar-refractivity contribution in [1.29, 1.82) is 0 Å². The predicted octanol–water partition coefficient (Wildman–Crippen LogP) is 4.34. The summed E-state index contributed by atoms with van der Waals surface area (Å²) < 4.78 is 14.8. The molecule has 2 aromatic carbocycles. The Kier molecular flexibility index (Phi) is 3.98. The van der Waals surface area contributed by atoms with E-state index in [-0.39, 0.29) is 27.9 Å². The molecule has 1 N–H and O–H groups in total. The Morgan fingerprint density at radius 3 is 2.37 bits per heavy atom. The molecule has 0 aliphatic carbocycles. The number of nitrogens with zero attached hydrogens (tertiary/aromatic N) is 1. The molecule has 0 fully saturated rings. The molecule has 5 nitrogen and oxygen atoms in total. The van der Waals surface area contributed by atoms with Crippen molar-refractivity contribution in [3.63, 3.8) is 0 Å². The maximum atomic E-state index is 13.5. The summed E-state index contributed by atoms with van der Waals surface area (Å²) in [5, 5.41) is 1.26. The zero-order chi connectivity index (χ0) is 21.2. The van der Waals surface area contributed by atoms with Gasteiger partial charge in [-0.05, 0) is 49.7 Å². The van der Waals surface area contributed by atoms with E-state index in [2.05, 4.69) is 4.98 Å². The van der Waals surface area contributed by atoms with Gasteiger partial charge in [0.05, 0.1) is 10.9 Å². The molecule has 3 heterocycles. The molecule has 0 radical (unpaired) electrons. The molecular weight excluding hydrogens is 403 g/mol. The second-order valence-electron chi connectivity index (χ2n) is 7.16. The van der Waals surface area contributed by atoms with Crippen LogP contribution in [-0.4, -0.2) is 15.2 Å². The molecule has 5 aromatic rings. The number of aromatic nitrogens is 2. The number of pyridine rings is 1. The van der Waals surface area contributed by atoms with Gasteiger partial charge in [-0.25, -0.2) is 4.39 Å². The van der Waals surface area contributed by atoms with Gasteiger partial charge >= 0.3 is 0 Å². The summed E-state index contributed by atoms with van der Waals surface area (Å²) >= 11 is 1.35. The summed E-state index contributed by atoms with van der Waals surface area (Å²) in [4.78, 5) is 43.9. The van der Waals surface area contributed by atoms with Crippen LogP contribution in [0.15, 0.2) is 58.1 Å². The van der Waals surface area contributed by atoms with Crippen molar-refractivity contribution in [3.8, 4) is 0 Å². The van der Waals surface area contributed by atoms with Crippen LogP contribution in [0.5, 0.6) is 0 Å². The Morgan fingerprint density at radius 2 is 1.67 bits per heavy atom. The van der Waals surface area contributed by atoms with Gasteiger partial charge < -0.3 is 4.98 Å². The second-order valence-corrected chi connectivity index (χ2v) is 8.37. The predicted molar refractivity (Wildman–Crippen MR) is 116 cm³/mol. The van der Waals surface area contributed by atoms with Gasteiger partial charge in [0, 0.05) is 21.2 Å². The quantitative estimate of drug-likeness (QED) is 0.342. The van der Waals surface area contributed by atoms with Crippen LogP contribution in [0.25, 0.3) is 26.6 Å². The number of halogens is 1. The van der Waals surface area contributed by atoms with E-state index in [1.165, 1.54) is 40.0 Å². The molecule has 0 spiro atoms. The van der Waals surface area contributed by atoms with Gasteiger partial charge in [0.1, 0.15) is 16.3 Å². The van der Waals surface area contributed by atoms with Gasteiger partial charge in [-0.1, -0.05) is 18.2 Å². The number of ketones is 1. The van der Waals surface area contributed by atoms with E-state index < -0.39 is 11.6 Å². The highest BCUT2D eigenvalue weighted by Gasteiger charge is 2.23. The number of aromatic amines is 1. The number of aryl methyl sites for hydroxylation is 2. The zero-order valence-corrected chi connectivity index (χ0v) is 16.9. The highest BCUT2D eigenvalue weighted by molar-refractivity contribution is 7.18. The maximum Gasteiger partial charge on any atom is 0.265 e. The molecule has 30 heavy (non-hydrogen) atoms. The molecule has 5 rings (SSSR count). The lowest BCUT2D eigenvalue weighted by Crippen LogP contribution is -2.23. The second kappa shape index (κ2) is 6.47. The largest absolute Gasteiger partial charge is 0.307 e. The van der Waals surface area contributed by atoms with Crippen molar-refractivity contribution < 1.29 is 9.18 Å². The van der Waals surface area contributed by atoms with Crippen molar-refractivity contribution in [1.82, 2.24) is 9.38 Å². The Labute approximate surface area is 173 Å². The SMILES string of the molecule is Cc1sc2c(c1C)c(=O)[nH]c1c(C(=O)c3ccc(F)cc3)c3ccccc3c(=O)n12. The van der Waals surface area contributed by atoms with Crippen molar-refractivity contribution in [2.75, 3.05) is 0 Å². The van der Waals surface area contributed by atoms with Crippen LogP contribution < -0.4 is 11.1 Å².